The molecule has 0 aliphatic rings. The molecule has 2 N–H and O–H groups in total. The Morgan fingerprint density at radius 2 is 2.23 bits per heavy atom. The predicted molar refractivity (Wildman–Crippen MR) is 107 cm³/mol. The highest BCUT2D eigenvalue weighted by atomic mass is 32.2. The van der Waals surface area contributed by atoms with Crippen molar-refractivity contribution in [2.24, 2.45) is 5.22 Å². The number of imidazole rings is 1. The number of rotatable bonds is 9. The first-order valence-corrected chi connectivity index (χ1v) is 10.4. The van der Waals surface area contributed by atoms with Crippen LogP contribution in [0.15, 0.2) is 41.0 Å². The predicted octanol–water partition coefficient (Wildman–Crippen LogP) is 4.28. The number of hydrogen-bond donors (Lipinski definition) is 2. The SMILES string of the molecule is CSc1nccn1Cc1cccc(OCCCSC(=N)N(C)N=N)c1C. The van der Waals surface area contributed by atoms with Crippen molar-refractivity contribution in [3.8, 4) is 5.75 Å². The Kier molecular flexibility index (Phi) is 7.99. The molecule has 0 aliphatic heterocycles. The maximum atomic E-state index is 7.71. The molecule has 0 amide bonds. The molecule has 2 rings (SSSR count). The molecule has 2 aromatic rings. The lowest BCUT2D eigenvalue weighted by atomic mass is 10.1. The maximum Gasteiger partial charge on any atom is 0.178 e. The molecule has 0 bridgehead atoms. The molecular weight excluding hydrogens is 368 g/mol. The van der Waals surface area contributed by atoms with Gasteiger partial charge in [0.15, 0.2) is 10.3 Å². The number of nitrogens with zero attached hydrogens (tertiary/aromatic N) is 4. The molecule has 0 unspecified atom stereocenters. The van der Waals surface area contributed by atoms with E-state index < -0.39 is 0 Å². The Morgan fingerprint density at radius 3 is 2.96 bits per heavy atom. The lowest BCUT2D eigenvalue weighted by molar-refractivity contribution is 0.316. The Balaban J connectivity index is 1.87. The highest BCUT2D eigenvalue weighted by Crippen LogP contribution is 2.24. The number of hydrogen-bond acceptors (Lipinski definition) is 7. The van der Waals surface area contributed by atoms with Crippen LogP contribution in [-0.4, -0.2) is 45.4 Å². The number of amidine groups is 1. The van der Waals surface area contributed by atoms with Gasteiger partial charge in [-0.3, -0.25) is 5.41 Å². The van der Waals surface area contributed by atoms with Crippen molar-refractivity contribution in [3.05, 3.63) is 41.7 Å². The Hall–Kier alpha value is -2.00. The number of ether oxygens (including phenoxy) is 1. The van der Waals surface area contributed by atoms with Crippen molar-refractivity contribution in [1.29, 1.82) is 10.9 Å². The fourth-order valence-corrected chi connectivity index (χ4v) is 3.53. The molecule has 1 heterocycles. The molecule has 26 heavy (non-hydrogen) atoms. The highest BCUT2D eigenvalue weighted by Gasteiger charge is 2.09. The highest BCUT2D eigenvalue weighted by molar-refractivity contribution is 8.13. The topological polar surface area (TPSA) is 90.3 Å². The van der Waals surface area contributed by atoms with Gasteiger partial charge in [-0.15, -0.1) is 0 Å². The summed E-state index contributed by atoms with van der Waals surface area (Å²) in [4.78, 5) is 4.34. The van der Waals surface area contributed by atoms with E-state index >= 15 is 0 Å². The van der Waals surface area contributed by atoms with Crippen molar-refractivity contribution in [3.63, 3.8) is 0 Å². The fraction of sp³-hybridized carbons (Fsp3) is 0.412. The van der Waals surface area contributed by atoms with Crippen molar-refractivity contribution >= 4 is 28.7 Å². The molecular formula is C17H24N6OS2. The molecule has 140 valence electrons. The van der Waals surface area contributed by atoms with E-state index in [4.69, 9.17) is 15.7 Å². The second kappa shape index (κ2) is 10.2. The van der Waals surface area contributed by atoms with E-state index in [1.165, 1.54) is 22.3 Å². The first-order valence-electron chi connectivity index (χ1n) is 8.15. The van der Waals surface area contributed by atoms with Gasteiger partial charge in [0.2, 0.25) is 0 Å². The number of aromatic nitrogens is 2. The average molecular weight is 393 g/mol. The lowest BCUT2D eigenvalue weighted by Crippen LogP contribution is -2.16. The average Bonchev–Trinajstić information content (AvgIpc) is 3.10. The molecule has 0 spiro atoms. The van der Waals surface area contributed by atoms with Gasteiger partial charge in [-0.1, -0.05) is 40.9 Å². The first-order chi connectivity index (χ1) is 12.6. The van der Waals surface area contributed by atoms with Gasteiger partial charge in [0, 0.05) is 31.7 Å². The minimum atomic E-state index is 0.267. The summed E-state index contributed by atoms with van der Waals surface area (Å²) in [7, 11) is 1.59. The zero-order chi connectivity index (χ0) is 18.9. The fourth-order valence-electron chi connectivity index (χ4n) is 2.33. The Bertz CT molecular complexity index is 749. The summed E-state index contributed by atoms with van der Waals surface area (Å²) in [6.45, 7) is 3.44. The summed E-state index contributed by atoms with van der Waals surface area (Å²) < 4.78 is 8.07. The second-order valence-corrected chi connectivity index (χ2v) is 7.42. The maximum absolute atomic E-state index is 7.71. The molecule has 0 atom stereocenters. The van der Waals surface area contributed by atoms with Gasteiger partial charge in [0.05, 0.1) is 6.61 Å². The molecule has 7 nitrogen and oxygen atoms in total. The quantitative estimate of drug-likeness (QED) is 0.166. The summed E-state index contributed by atoms with van der Waals surface area (Å²) in [6, 6.07) is 6.12. The van der Waals surface area contributed by atoms with Gasteiger partial charge in [0.1, 0.15) is 5.75 Å². The van der Waals surface area contributed by atoms with Gasteiger partial charge in [-0.05, 0) is 36.8 Å². The van der Waals surface area contributed by atoms with E-state index in [2.05, 4.69) is 27.8 Å². The largest absolute Gasteiger partial charge is 0.493 e. The third kappa shape index (κ3) is 5.50. The van der Waals surface area contributed by atoms with E-state index in [1.807, 2.05) is 30.8 Å². The van der Waals surface area contributed by atoms with Crippen LogP contribution in [0.5, 0.6) is 5.75 Å². The van der Waals surface area contributed by atoms with Gasteiger partial charge < -0.3 is 9.30 Å². The van der Waals surface area contributed by atoms with Crippen LogP contribution in [0.2, 0.25) is 0 Å². The number of benzene rings is 1. The van der Waals surface area contributed by atoms with Gasteiger partial charge in [0.25, 0.3) is 0 Å². The standard InChI is InChI=1S/C17H24N6OS2/c1-13-14(12-23-9-8-20-17(23)25-3)6-4-7-15(13)24-10-5-11-26-16(18)22(2)21-19/h4,6-9,18-19H,5,10-12H2,1-3H3. The first kappa shape index (κ1) is 20.3. The lowest BCUT2D eigenvalue weighted by Gasteiger charge is -2.14. The Morgan fingerprint density at radius 1 is 1.42 bits per heavy atom. The van der Waals surface area contributed by atoms with Crippen LogP contribution in [-0.2, 0) is 6.54 Å². The Labute approximate surface area is 162 Å². The molecule has 9 heteroatoms. The number of nitrogens with one attached hydrogen (secondary N) is 2. The molecule has 1 aromatic heterocycles. The van der Waals surface area contributed by atoms with E-state index in [0.29, 0.717) is 6.61 Å². The molecule has 0 fully saturated rings. The van der Waals surface area contributed by atoms with Gasteiger partial charge in [-0.2, -0.15) is 5.53 Å². The van der Waals surface area contributed by atoms with Crippen LogP contribution >= 0.6 is 23.5 Å². The molecule has 0 radical (unpaired) electrons. The van der Waals surface area contributed by atoms with Crippen LogP contribution in [0.4, 0.5) is 0 Å². The summed E-state index contributed by atoms with van der Waals surface area (Å²) in [6.07, 6.45) is 6.66. The van der Waals surface area contributed by atoms with Crippen LogP contribution in [0.3, 0.4) is 0 Å². The summed E-state index contributed by atoms with van der Waals surface area (Å²) in [5.41, 5.74) is 9.23. The van der Waals surface area contributed by atoms with Crippen molar-refractivity contribution in [1.82, 2.24) is 14.6 Å². The second-order valence-electron chi connectivity index (χ2n) is 5.56. The summed E-state index contributed by atoms with van der Waals surface area (Å²) in [5, 5.41) is 13.4. The van der Waals surface area contributed by atoms with Crippen LogP contribution < -0.4 is 4.74 Å². The van der Waals surface area contributed by atoms with E-state index in [-0.39, 0.29) is 5.17 Å². The normalized spacial score (nSPS) is 10.6. The monoisotopic (exact) mass is 392 g/mol. The van der Waals surface area contributed by atoms with Crippen LogP contribution in [0.1, 0.15) is 17.5 Å². The van der Waals surface area contributed by atoms with Gasteiger partial charge in [-0.25, -0.2) is 9.99 Å². The van der Waals surface area contributed by atoms with Crippen molar-refractivity contribution in [2.45, 2.75) is 25.0 Å². The summed E-state index contributed by atoms with van der Waals surface area (Å²) in [5.74, 6) is 1.65. The number of thioether (sulfide) groups is 2. The van der Waals surface area contributed by atoms with Crippen LogP contribution in [0, 0.1) is 17.9 Å². The van der Waals surface area contributed by atoms with Crippen LogP contribution in [0.25, 0.3) is 0 Å². The third-order valence-corrected chi connectivity index (χ3v) is 5.56. The molecule has 0 saturated heterocycles. The minimum Gasteiger partial charge on any atom is -0.493 e. The molecule has 0 aliphatic carbocycles. The zero-order valence-electron chi connectivity index (χ0n) is 15.2. The van der Waals surface area contributed by atoms with Crippen molar-refractivity contribution < 1.29 is 4.74 Å². The van der Waals surface area contributed by atoms with Gasteiger partial charge >= 0.3 is 0 Å². The molecule has 0 saturated carbocycles. The third-order valence-electron chi connectivity index (χ3n) is 3.83. The zero-order valence-corrected chi connectivity index (χ0v) is 16.9. The minimum absolute atomic E-state index is 0.267. The van der Waals surface area contributed by atoms with Crippen molar-refractivity contribution in [2.75, 3.05) is 25.7 Å². The smallest absolute Gasteiger partial charge is 0.178 e. The molecule has 1 aromatic carbocycles. The van der Waals surface area contributed by atoms with E-state index in [9.17, 15) is 0 Å². The van der Waals surface area contributed by atoms with E-state index in [1.54, 1.807) is 18.8 Å². The summed E-state index contributed by atoms with van der Waals surface area (Å²) >= 11 is 3.00. The van der Waals surface area contributed by atoms with E-state index in [0.717, 1.165) is 35.2 Å².